The Morgan fingerprint density at radius 3 is 2.91 bits per heavy atom. The van der Waals surface area contributed by atoms with E-state index < -0.39 is 5.60 Å². The number of hydrogen-bond donors (Lipinski definition) is 3. The number of nitrogens with two attached hydrogens (primary N) is 1. The van der Waals surface area contributed by atoms with Gasteiger partial charge in [0.25, 0.3) is 5.91 Å². The molecule has 0 saturated carbocycles. The van der Waals surface area contributed by atoms with Crippen molar-refractivity contribution >= 4 is 34.6 Å². The van der Waals surface area contributed by atoms with Crippen LogP contribution in [0.4, 0.5) is 11.8 Å². The number of ether oxygens (including phenoxy) is 1. The van der Waals surface area contributed by atoms with E-state index in [1.54, 1.807) is 19.2 Å². The van der Waals surface area contributed by atoms with Crippen LogP contribution in [0.15, 0.2) is 36.4 Å². The van der Waals surface area contributed by atoms with E-state index in [1.165, 1.54) is 0 Å². The molecule has 10 heteroatoms. The number of aromatic nitrogens is 3. The Bertz CT molecular complexity index is 1230. The van der Waals surface area contributed by atoms with Gasteiger partial charge in [-0.1, -0.05) is 12.1 Å². The quantitative estimate of drug-likeness (QED) is 0.550. The van der Waals surface area contributed by atoms with E-state index in [9.17, 15) is 9.59 Å². The molecule has 2 aliphatic rings. The molecule has 3 aromatic rings. The fourth-order valence-corrected chi connectivity index (χ4v) is 4.19. The standard InChI is InChI=1S/C22H23N7O3/c1-24-20(31)14-4-2-3-13(9-14)16-6-5-15-18(23)27-21(28-19(15)26-16)29-7-8-32-22(12-29)10-17(30)25-11-22/h2-6,9H,7-8,10-12H2,1H3,(H,24,31)(H,25,30)(H2,23,26,27,28)/t22-/m0/s1. The Morgan fingerprint density at radius 1 is 1.25 bits per heavy atom. The SMILES string of the molecule is CNC(=O)c1cccc(-c2ccc3c(N)nc(N4CCO[C@@]5(CNC(=O)C5)C4)nc3n2)c1. The van der Waals surface area contributed by atoms with Crippen LogP contribution >= 0.6 is 0 Å². The first-order valence-electron chi connectivity index (χ1n) is 10.4. The van der Waals surface area contributed by atoms with Gasteiger partial charge >= 0.3 is 0 Å². The number of nitrogens with zero attached hydrogens (tertiary/aromatic N) is 4. The van der Waals surface area contributed by atoms with Crippen molar-refractivity contribution in [1.82, 2.24) is 25.6 Å². The number of carbonyl (C=O) groups excluding carboxylic acids is 2. The molecule has 2 amide bonds. The summed E-state index contributed by atoms with van der Waals surface area (Å²) in [5, 5.41) is 6.12. The molecule has 0 unspecified atom stereocenters. The highest BCUT2D eigenvalue weighted by Gasteiger charge is 2.44. The van der Waals surface area contributed by atoms with Crippen molar-refractivity contribution in [2.45, 2.75) is 12.0 Å². The van der Waals surface area contributed by atoms with Gasteiger partial charge in [0, 0.05) is 31.3 Å². The fourth-order valence-electron chi connectivity index (χ4n) is 4.19. The molecule has 1 spiro atoms. The van der Waals surface area contributed by atoms with E-state index in [1.807, 2.05) is 29.2 Å². The van der Waals surface area contributed by atoms with Crippen LogP contribution < -0.4 is 21.3 Å². The highest BCUT2D eigenvalue weighted by Crippen LogP contribution is 2.29. The Kier molecular flexibility index (Phi) is 4.86. The summed E-state index contributed by atoms with van der Waals surface area (Å²) in [4.78, 5) is 39.6. The molecule has 4 heterocycles. The maximum atomic E-state index is 12.0. The first-order chi connectivity index (χ1) is 15.5. The third kappa shape index (κ3) is 3.58. The van der Waals surface area contributed by atoms with Gasteiger partial charge in [-0.05, 0) is 24.3 Å². The Balaban J connectivity index is 1.50. The van der Waals surface area contributed by atoms with Crippen molar-refractivity contribution in [3.8, 4) is 11.3 Å². The van der Waals surface area contributed by atoms with Crippen LogP contribution in [0.2, 0.25) is 0 Å². The number of nitrogens with one attached hydrogen (secondary N) is 2. The molecule has 1 atom stereocenters. The van der Waals surface area contributed by atoms with E-state index >= 15 is 0 Å². The fraction of sp³-hybridized carbons (Fsp3) is 0.318. The summed E-state index contributed by atoms with van der Waals surface area (Å²) in [6.45, 7) is 2.02. The third-order valence-corrected chi connectivity index (χ3v) is 5.85. The molecule has 10 nitrogen and oxygen atoms in total. The minimum atomic E-state index is -0.571. The number of hydrogen-bond acceptors (Lipinski definition) is 8. The summed E-state index contributed by atoms with van der Waals surface area (Å²) in [6.07, 6.45) is 0.316. The number of rotatable bonds is 3. The van der Waals surface area contributed by atoms with E-state index in [2.05, 4.69) is 20.6 Å². The number of benzene rings is 1. The van der Waals surface area contributed by atoms with Crippen LogP contribution in [0.1, 0.15) is 16.8 Å². The summed E-state index contributed by atoms with van der Waals surface area (Å²) < 4.78 is 5.92. The summed E-state index contributed by atoms with van der Waals surface area (Å²) in [7, 11) is 1.60. The second-order valence-electron chi connectivity index (χ2n) is 8.04. The molecule has 2 aromatic heterocycles. The minimum absolute atomic E-state index is 0.0175. The highest BCUT2D eigenvalue weighted by molar-refractivity contribution is 5.95. The second-order valence-corrected chi connectivity index (χ2v) is 8.04. The van der Waals surface area contributed by atoms with Gasteiger partial charge in [0.15, 0.2) is 5.65 Å². The van der Waals surface area contributed by atoms with Crippen molar-refractivity contribution in [3.63, 3.8) is 0 Å². The summed E-state index contributed by atoms with van der Waals surface area (Å²) in [5.41, 5.74) is 8.16. The molecular formula is C22H23N7O3. The smallest absolute Gasteiger partial charge is 0.251 e. The normalized spacial score (nSPS) is 20.5. The summed E-state index contributed by atoms with van der Waals surface area (Å²) in [5.74, 6) is 0.615. The van der Waals surface area contributed by atoms with Crippen LogP contribution in [-0.2, 0) is 9.53 Å². The Labute approximate surface area is 184 Å². The van der Waals surface area contributed by atoms with Crippen molar-refractivity contribution in [2.24, 2.45) is 0 Å². The van der Waals surface area contributed by atoms with Crippen LogP contribution in [0, 0.1) is 0 Å². The first-order valence-corrected chi connectivity index (χ1v) is 10.4. The lowest BCUT2D eigenvalue weighted by molar-refractivity contribution is -0.121. The lowest BCUT2D eigenvalue weighted by Crippen LogP contribution is -2.53. The van der Waals surface area contributed by atoms with E-state index in [0.29, 0.717) is 66.7 Å². The van der Waals surface area contributed by atoms with Crippen LogP contribution in [0.3, 0.4) is 0 Å². The molecule has 0 bridgehead atoms. The van der Waals surface area contributed by atoms with Gasteiger partial charge in [0.2, 0.25) is 11.9 Å². The van der Waals surface area contributed by atoms with Crippen molar-refractivity contribution in [2.75, 3.05) is 43.9 Å². The molecule has 2 aliphatic heterocycles. The number of pyridine rings is 1. The number of morpholine rings is 1. The van der Waals surface area contributed by atoms with E-state index in [0.717, 1.165) is 5.56 Å². The molecule has 2 fully saturated rings. The van der Waals surface area contributed by atoms with Gasteiger partial charge in [-0.25, -0.2) is 4.98 Å². The molecule has 164 valence electrons. The van der Waals surface area contributed by atoms with Gasteiger partial charge in [0.05, 0.1) is 30.7 Å². The maximum Gasteiger partial charge on any atom is 0.251 e. The maximum absolute atomic E-state index is 12.0. The minimum Gasteiger partial charge on any atom is -0.383 e. The number of nitrogen functional groups attached to an aromatic ring is 1. The monoisotopic (exact) mass is 433 g/mol. The predicted octanol–water partition coefficient (Wildman–Crippen LogP) is 0.729. The van der Waals surface area contributed by atoms with Crippen molar-refractivity contribution < 1.29 is 14.3 Å². The zero-order valence-electron chi connectivity index (χ0n) is 17.6. The number of carbonyl (C=O) groups is 2. The largest absolute Gasteiger partial charge is 0.383 e. The van der Waals surface area contributed by atoms with Gasteiger partial charge in [-0.3, -0.25) is 9.59 Å². The van der Waals surface area contributed by atoms with E-state index in [4.69, 9.17) is 15.5 Å². The zero-order valence-corrected chi connectivity index (χ0v) is 17.6. The lowest BCUT2D eigenvalue weighted by Gasteiger charge is -2.39. The third-order valence-electron chi connectivity index (χ3n) is 5.85. The van der Waals surface area contributed by atoms with E-state index in [-0.39, 0.29) is 11.8 Å². The average molecular weight is 433 g/mol. The number of amides is 2. The van der Waals surface area contributed by atoms with Crippen LogP contribution in [0.5, 0.6) is 0 Å². The molecule has 0 aliphatic carbocycles. The second kappa shape index (κ2) is 7.72. The van der Waals surface area contributed by atoms with Gasteiger partial charge in [-0.15, -0.1) is 0 Å². The van der Waals surface area contributed by atoms with Gasteiger partial charge in [0.1, 0.15) is 11.4 Å². The molecule has 2 saturated heterocycles. The average Bonchev–Trinajstić information content (AvgIpc) is 3.17. The van der Waals surface area contributed by atoms with Gasteiger partial charge in [-0.2, -0.15) is 9.97 Å². The zero-order chi connectivity index (χ0) is 22.3. The molecule has 32 heavy (non-hydrogen) atoms. The van der Waals surface area contributed by atoms with Crippen molar-refractivity contribution in [1.29, 1.82) is 0 Å². The Hall–Kier alpha value is -3.79. The number of anilines is 2. The molecule has 5 rings (SSSR count). The predicted molar refractivity (Wildman–Crippen MR) is 119 cm³/mol. The van der Waals surface area contributed by atoms with Crippen LogP contribution in [-0.4, -0.2) is 65.7 Å². The topological polar surface area (TPSA) is 135 Å². The van der Waals surface area contributed by atoms with Gasteiger partial charge < -0.3 is 26.0 Å². The summed E-state index contributed by atoms with van der Waals surface area (Å²) in [6, 6.07) is 10.9. The lowest BCUT2D eigenvalue weighted by atomic mass is 10.0. The molecular weight excluding hydrogens is 410 g/mol. The van der Waals surface area contributed by atoms with Crippen LogP contribution in [0.25, 0.3) is 22.3 Å². The number of fused-ring (bicyclic) bond motifs is 1. The molecule has 4 N–H and O–H groups in total. The highest BCUT2D eigenvalue weighted by atomic mass is 16.5. The summed E-state index contributed by atoms with van der Waals surface area (Å²) >= 11 is 0. The first kappa shape index (κ1) is 20.1. The molecule has 1 aromatic carbocycles. The Morgan fingerprint density at radius 2 is 2.12 bits per heavy atom. The molecule has 0 radical (unpaired) electrons. The van der Waals surface area contributed by atoms with Crippen molar-refractivity contribution in [3.05, 3.63) is 42.0 Å².